The maximum atomic E-state index is 12.2. The Balaban J connectivity index is 2.17. The molecule has 0 amide bonds. The molecule has 2 aromatic carbocycles. The molecule has 2 rings (SSSR count). The molecule has 4 heteroatoms. The number of ketones is 1. The number of methoxy groups -OCH3 is 1. The second kappa shape index (κ2) is 7.22. The minimum Gasteiger partial charge on any atom is -0.497 e. The van der Waals surface area contributed by atoms with E-state index >= 15 is 0 Å². The number of carboxylic acid groups (broad SMARTS) is 1. The Labute approximate surface area is 128 Å². The highest BCUT2D eigenvalue weighted by atomic mass is 16.5. The molecule has 0 aliphatic carbocycles. The van der Waals surface area contributed by atoms with E-state index in [1.807, 2.05) is 24.3 Å². The second-order valence-corrected chi connectivity index (χ2v) is 4.70. The number of aliphatic carboxylic acids is 1. The molecule has 0 aromatic heterocycles. The fourth-order valence-electron chi connectivity index (χ4n) is 2.05. The molecule has 1 N–H and O–H groups in total. The molecule has 0 saturated heterocycles. The first-order valence-electron chi connectivity index (χ1n) is 6.76. The average Bonchev–Trinajstić information content (AvgIpc) is 2.53. The zero-order chi connectivity index (χ0) is 15.9. The number of allylic oxidation sites excluding steroid dienone is 1. The molecular formula is C18H16O4. The first-order valence-corrected chi connectivity index (χ1v) is 6.76. The van der Waals surface area contributed by atoms with E-state index in [0.29, 0.717) is 11.1 Å². The lowest BCUT2D eigenvalue weighted by Gasteiger charge is -2.04. The molecule has 0 radical (unpaired) electrons. The Bertz CT molecular complexity index is 699. The fraction of sp³-hybridized carbons (Fsp3) is 0.111. The molecule has 0 aliphatic heterocycles. The number of carbonyl (C=O) groups excluding carboxylic acids is 1. The van der Waals surface area contributed by atoms with E-state index < -0.39 is 5.97 Å². The van der Waals surface area contributed by atoms with E-state index in [1.54, 1.807) is 37.5 Å². The van der Waals surface area contributed by atoms with Crippen LogP contribution in [-0.2, 0) is 11.2 Å². The highest BCUT2D eigenvalue weighted by Crippen LogP contribution is 2.14. The van der Waals surface area contributed by atoms with Crippen LogP contribution < -0.4 is 4.74 Å². The zero-order valence-electron chi connectivity index (χ0n) is 12.2. The van der Waals surface area contributed by atoms with Crippen LogP contribution in [-0.4, -0.2) is 24.0 Å². The summed E-state index contributed by atoms with van der Waals surface area (Å²) in [5, 5.41) is 8.89. The van der Waals surface area contributed by atoms with Crippen LogP contribution in [0.1, 0.15) is 21.5 Å². The van der Waals surface area contributed by atoms with Crippen molar-refractivity contribution in [2.75, 3.05) is 7.11 Å². The number of ether oxygens (including phenoxy) is 1. The SMILES string of the molecule is COc1ccc(/C=C/C(=O)c2ccccc2CC(=O)O)cc1. The summed E-state index contributed by atoms with van der Waals surface area (Å²) >= 11 is 0. The summed E-state index contributed by atoms with van der Waals surface area (Å²) < 4.78 is 5.07. The summed E-state index contributed by atoms with van der Waals surface area (Å²) in [6, 6.07) is 14.0. The third-order valence-corrected chi connectivity index (χ3v) is 3.17. The largest absolute Gasteiger partial charge is 0.497 e. The molecule has 0 atom stereocenters. The van der Waals surface area contributed by atoms with E-state index in [9.17, 15) is 9.59 Å². The van der Waals surface area contributed by atoms with E-state index in [2.05, 4.69) is 0 Å². The molecule has 0 bridgehead atoms. The van der Waals surface area contributed by atoms with Gasteiger partial charge in [-0.3, -0.25) is 9.59 Å². The summed E-state index contributed by atoms with van der Waals surface area (Å²) in [5.74, 6) is -0.428. The number of hydrogen-bond donors (Lipinski definition) is 1. The van der Waals surface area contributed by atoms with E-state index in [4.69, 9.17) is 9.84 Å². The van der Waals surface area contributed by atoms with Gasteiger partial charge in [-0.2, -0.15) is 0 Å². The van der Waals surface area contributed by atoms with Crippen molar-refractivity contribution in [2.24, 2.45) is 0 Å². The minimum absolute atomic E-state index is 0.168. The summed E-state index contributed by atoms with van der Waals surface area (Å²) in [4.78, 5) is 23.1. The summed E-state index contributed by atoms with van der Waals surface area (Å²) in [6.45, 7) is 0. The van der Waals surface area contributed by atoms with Gasteiger partial charge in [0.15, 0.2) is 5.78 Å². The van der Waals surface area contributed by atoms with Gasteiger partial charge < -0.3 is 9.84 Å². The molecular weight excluding hydrogens is 280 g/mol. The lowest BCUT2D eigenvalue weighted by molar-refractivity contribution is -0.136. The van der Waals surface area contributed by atoms with Crippen molar-refractivity contribution in [3.05, 3.63) is 71.3 Å². The highest BCUT2D eigenvalue weighted by Gasteiger charge is 2.10. The summed E-state index contributed by atoms with van der Waals surface area (Å²) in [6.07, 6.45) is 2.97. The lowest BCUT2D eigenvalue weighted by Crippen LogP contribution is -2.06. The maximum absolute atomic E-state index is 12.2. The van der Waals surface area contributed by atoms with Crippen molar-refractivity contribution in [1.29, 1.82) is 0 Å². The molecule has 0 spiro atoms. The Hall–Kier alpha value is -2.88. The molecule has 0 heterocycles. The van der Waals surface area contributed by atoms with E-state index in [0.717, 1.165) is 11.3 Å². The smallest absolute Gasteiger partial charge is 0.307 e. The first-order chi connectivity index (χ1) is 10.6. The lowest BCUT2D eigenvalue weighted by atomic mass is 10.0. The number of carbonyl (C=O) groups is 2. The molecule has 22 heavy (non-hydrogen) atoms. The van der Waals surface area contributed by atoms with Crippen molar-refractivity contribution in [3.63, 3.8) is 0 Å². The van der Waals surface area contributed by atoms with Gasteiger partial charge in [0.2, 0.25) is 0 Å². The number of hydrogen-bond acceptors (Lipinski definition) is 3. The van der Waals surface area contributed by atoms with Crippen molar-refractivity contribution >= 4 is 17.8 Å². The van der Waals surface area contributed by atoms with Gasteiger partial charge in [0.1, 0.15) is 5.75 Å². The van der Waals surface area contributed by atoms with Crippen molar-refractivity contribution in [3.8, 4) is 5.75 Å². The maximum Gasteiger partial charge on any atom is 0.307 e. The van der Waals surface area contributed by atoms with Crippen molar-refractivity contribution in [1.82, 2.24) is 0 Å². The predicted octanol–water partition coefficient (Wildman–Crippen LogP) is 3.22. The molecule has 4 nitrogen and oxygen atoms in total. The van der Waals surface area contributed by atoms with Crippen LogP contribution in [0, 0.1) is 0 Å². The van der Waals surface area contributed by atoms with Gasteiger partial charge in [-0.1, -0.05) is 42.5 Å². The number of benzene rings is 2. The number of carboxylic acids is 1. The third kappa shape index (κ3) is 4.06. The zero-order valence-corrected chi connectivity index (χ0v) is 12.2. The summed E-state index contributed by atoms with van der Waals surface area (Å²) in [5.41, 5.74) is 1.79. The van der Waals surface area contributed by atoms with Crippen LogP contribution in [0.25, 0.3) is 6.08 Å². The van der Waals surface area contributed by atoms with Crippen LogP contribution in [0.15, 0.2) is 54.6 Å². The Kier molecular flexibility index (Phi) is 5.09. The monoisotopic (exact) mass is 296 g/mol. The first kappa shape index (κ1) is 15.5. The van der Waals surface area contributed by atoms with Gasteiger partial charge in [-0.25, -0.2) is 0 Å². The van der Waals surface area contributed by atoms with Gasteiger partial charge >= 0.3 is 5.97 Å². The molecule has 0 unspecified atom stereocenters. The normalized spacial score (nSPS) is 10.6. The van der Waals surface area contributed by atoms with E-state index in [-0.39, 0.29) is 12.2 Å². The third-order valence-electron chi connectivity index (χ3n) is 3.17. The van der Waals surface area contributed by atoms with Crippen molar-refractivity contribution < 1.29 is 19.4 Å². The Morgan fingerprint density at radius 1 is 1.09 bits per heavy atom. The topological polar surface area (TPSA) is 63.6 Å². The van der Waals surface area contributed by atoms with Crippen LogP contribution >= 0.6 is 0 Å². The van der Waals surface area contributed by atoms with Crippen LogP contribution in [0.2, 0.25) is 0 Å². The van der Waals surface area contributed by atoms with Gasteiger partial charge in [-0.05, 0) is 29.3 Å². The predicted molar refractivity (Wildman–Crippen MR) is 84.1 cm³/mol. The highest BCUT2D eigenvalue weighted by molar-refractivity contribution is 6.08. The van der Waals surface area contributed by atoms with Gasteiger partial charge in [0, 0.05) is 5.56 Å². The molecule has 0 saturated carbocycles. The van der Waals surface area contributed by atoms with Gasteiger partial charge in [0.05, 0.1) is 13.5 Å². The minimum atomic E-state index is -0.959. The Morgan fingerprint density at radius 2 is 1.77 bits per heavy atom. The molecule has 0 fully saturated rings. The fourth-order valence-corrected chi connectivity index (χ4v) is 2.05. The van der Waals surface area contributed by atoms with Gasteiger partial charge in [0.25, 0.3) is 0 Å². The van der Waals surface area contributed by atoms with Crippen LogP contribution in [0.4, 0.5) is 0 Å². The quantitative estimate of drug-likeness (QED) is 0.656. The molecule has 0 aliphatic rings. The van der Waals surface area contributed by atoms with Crippen molar-refractivity contribution in [2.45, 2.75) is 6.42 Å². The van der Waals surface area contributed by atoms with Gasteiger partial charge in [-0.15, -0.1) is 0 Å². The van der Waals surface area contributed by atoms with Crippen LogP contribution in [0.3, 0.4) is 0 Å². The number of rotatable bonds is 6. The van der Waals surface area contributed by atoms with Crippen LogP contribution in [0.5, 0.6) is 5.75 Å². The van der Waals surface area contributed by atoms with E-state index in [1.165, 1.54) is 6.08 Å². The molecule has 112 valence electrons. The Morgan fingerprint density at radius 3 is 2.41 bits per heavy atom. The second-order valence-electron chi connectivity index (χ2n) is 4.70. The summed E-state index contributed by atoms with van der Waals surface area (Å²) in [7, 11) is 1.59. The molecule has 2 aromatic rings. The standard InChI is InChI=1S/C18H16O4/c1-22-15-9-6-13(7-10-15)8-11-17(19)16-5-3-2-4-14(16)12-18(20)21/h2-11H,12H2,1H3,(H,20,21)/b11-8+. The average molecular weight is 296 g/mol.